The number of hydrogen-bond donors (Lipinski definition) is 0. The molecule has 184 valence electrons. The molecule has 0 aromatic heterocycles. The van der Waals surface area contributed by atoms with Crippen molar-refractivity contribution < 1.29 is 13.9 Å². The lowest BCUT2D eigenvalue weighted by Crippen LogP contribution is -2.44. The molecule has 0 fully saturated rings. The maximum atomic E-state index is 11.5. The highest BCUT2D eigenvalue weighted by Gasteiger charge is 2.35. The summed E-state index contributed by atoms with van der Waals surface area (Å²) in [5, 5.41) is 0. The number of rotatable bonds is 22. The SMILES string of the molecule is CCCCCCCCCCCCCCCCCCC=CC(C)CC([P+](=O)[O-])[N+](C)(C)C. The summed E-state index contributed by atoms with van der Waals surface area (Å²) in [6.45, 7) is 4.42. The lowest BCUT2D eigenvalue weighted by Gasteiger charge is -2.28. The first kappa shape index (κ1) is 30.8. The Bertz CT molecular complexity index is 445. The van der Waals surface area contributed by atoms with Crippen molar-refractivity contribution in [2.24, 2.45) is 5.92 Å². The Hall–Kier alpha value is -0.240. The van der Waals surface area contributed by atoms with Gasteiger partial charge in [-0.1, -0.05) is 127 Å². The Morgan fingerprint density at radius 2 is 1.13 bits per heavy atom. The van der Waals surface area contributed by atoms with E-state index in [2.05, 4.69) is 26.0 Å². The van der Waals surface area contributed by atoms with Gasteiger partial charge in [0.15, 0.2) is 0 Å². The van der Waals surface area contributed by atoms with Crippen LogP contribution in [0.15, 0.2) is 12.2 Å². The van der Waals surface area contributed by atoms with Gasteiger partial charge >= 0.3 is 8.03 Å². The van der Waals surface area contributed by atoms with Gasteiger partial charge in [0.2, 0.25) is 0 Å². The fourth-order valence-electron chi connectivity index (χ4n) is 4.24. The van der Waals surface area contributed by atoms with Crippen molar-refractivity contribution in [2.75, 3.05) is 21.1 Å². The molecule has 0 rings (SSSR count). The Balaban J connectivity index is 3.47. The summed E-state index contributed by atoms with van der Waals surface area (Å²) in [5.74, 6) is 0.0153. The van der Waals surface area contributed by atoms with Crippen LogP contribution in [-0.4, -0.2) is 31.4 Å². The molecule has 31 heavy (non-hydrogen) atoms. The zero-order valence-electron chi connectivity index (χ0n) is 21.7. The van der Waals surface area contributed by atoms with Crippen LogP contribution in [0.2, 0.25) is 0 Å². The third-order valence-corrected chi connectivity index (χ3v) is 7.80. The van der Waals surface area contributed by atoms with Crippen molar-refractivity contribution in [1.82, 2.24) is 0 Å². The molecule has 0 saturated heterocycles. The van der Waals surface area contributed by atoms with Crippen LogP contribution < -0.4 is 4.89 Å². The summed E-state index contributed by atoms with van der Waals surface area (Å²) in [4.78, 5) is 11.5. The third kappa shape index (κ3) is 20.1. The van der Waals surface area contributed by atoms with Crippen LogP contribution in [-0.2, 0) is 4.57 Å². The van der Waals surface area contributed by atoms with E-state index >= 15 is 0 Å². The predicted molar refractivity (Wildman–Crippen MR) is 137 cm³/mol. The van der Waals surface area contributed by atoms with E-state index in [1.165, 1.54) is 103 Å². The molecule has 0 radical (unpaired) electrons. The van der Waals surface area contributed by atoms with Gasteiger partial charge in [0.05, 0.1) is 27.6 Å². The molecular weight excluding hydrogens is 401 g/mol. The lowest BCUT2D eigenvalue weighted by atomic mass is 10.0. The number of unbranched alkanes of at least 4 members (excludes halogenated alkanes) is 16. The van der Waals surface area contributed by atoms with Gasteiger partial charge in [-0.05, 0) is 18.8 Å². The Morgan fingerprint density at radius 1 is 0.742 bits per heavy atom. The zero-order valence-corrected chi connectivity index (χ0v) is 22.6. The zero-order chi connectivity index (χ0) is 23.4. The maximum absolute atomic E-state index is 11.5. The van der Waals surface area contributed by atoms with E-state index in [1.807, 2.05) is 21.1 Å². The van der Waals surface area contributed by atoms with E-state index in [4.69, 9.17) is 0 Å². The standard InChI is InChI=1S/C27H55NO2P/c1-6-7-8-9-10-11-12-13-14-15-16-17-18-19-20-21-22-23-24-26(2)25-27(31(29)30)28(3,4)5/h23-24,26-27H,6-22,25H2,1-5H3/q+1. The van der Waals surface area contributed by atoms with Crippen LogP contribution >= 0.6 is 8.03 Å². The summed E-state index contributed by atoms with van der Waals surface area (Å²) in [6, 6.07) is 0. The van der Waals surface area contributed by atoms with E-state index in [0.29, 0.717) is 16.8 Å². The van der Waals surface area contributed by atoms with Gasteiger partial charge in [0, 0.05) is 0 Å². The van der Waals surface area contributed by atoms with Crippen LogP contribution in [0.3, 0.4) is 0 Å². The van der Waals surface area contributed by atoms with Crippen molar-refractivity contribution in [3.8, 4) is 0 Å². The van der Waals surface area contributed by atoms with Crippen molar-refractivity contribution in [3.63, 3.8) is 0 Å². The second-order valence-electron chi connectivity index (χ2n) is 10.6. The van der Waals surface area contributed by atoms with E-state index in [0.717, 1.165) is 6.42 Å². The minimum atomic E-state index is -2.39. The topological polar surface area (TPSA) is 40.1 Å². The molecule has 0 N–H and O–H groups in total. The third-order valence-electron chi connectivity index (χ3n) is 6.41. The Morgan fingerprint density at radius 3 is 1.48 bits per heavy atom. The quantitative estimate of drug-likeness (QED) is 0.0710. The van der Waals surface area contributed by atoms with Crippen LogP contribution in [0.5, 0.6) is 0 Å². The molecule has 0 heterocycles. The summed E-state index contributed by atoms with van der Waals surface area (Å²) < 4.78 is 12.0. The van der Waals surface area contributed by atoms with Crippen molar-refractivity contribution >= 4 is 8.03 Å². The highest BCUT2D eigenvalue weighted by atomic mass is 31.1. The molecule has 0 spiro atoms. The number of quaternary nitrogens is 1. The average Bonchev–Trinajstić information content (AvgIpc) is 2.70. The summed E-state index contributed by atoms with van der Waals surface area (Å²) >= 11 is 0. The van der Waals surface area contributed by atoms with Gasteiger partial charge < -0.3 is 4.89 Å². The largest absolute Gasteiger partial charge is 0.591 e. The van der Waals surface area contributed by atoms with Crippen molar-refractivity contribution in [3.05, 3.63) is 12.2 Å². The molecule has 0 aliphatic carbocycles. The van der Waals surface area contributed by atoms with E-state index < -0.39 is 8.03 Å². The predicted octanol–water partition coefficient (Wildman–Crippen LogP) is 8.36. The molecule has 0 aromatic carbocycles. The summed E-state index contributed by atoms with van der Waals surface area (Å²) in [7, 11) is 3.50. The minimum absolute atomic E-state index is 0.301. The van der Waals surface area contributed by atoms with Crippen LogP contribution in [0, 0.1) is 5.92 Å². The van der Waals surface area contributed by atoms with Crippen LogP contribution in [0.25, 0.3) is 0 Å². The van der Waals surface area contributed by atoms with Gasteiger partial charge in [-0.25, -0.2) is 0 Å². The molecule has 0 amide bonds. The maximum Gasteiger partial charge on any atom is 0.373 e. The van der Waals surface area contributed by atoms with E-state index in [-0.39, 0.29) is 5.78 Å². The van der Waals surface area contributed by atoms with Crippen molar-refractivity contribution in [2.45, 2.75) is 135 Å². The van der Waals surface area contributed by atoms with Crippen LogP contribution in [0.1, 0.15) is 129 Å². The smallest absolute Gasteiger partial charge is 0.373 e. The normalized spacial score (nSPS) is 14.8. The van der Waals surface area contributed by atoms with Gasteiger partial charge in [-0.3, -0.25) is 4.48 Å². The molecule has 0 aliphatic rings. The Kier molecular flexibility index (Phi) is 20.2. The molecule has 4 heteroatoms. The van der Waals surface area contributed by atoms with E-state index in [1.54, 1.807) is 0 Å². The minimum Gasteiger partial charge on any atom is -0.591 e. The number of allylic oxidation sites excluding steroid dienone is 2. The number of hydrogen-bond acceptors (Lipinski definition) is 2. The first-order valence-electron chi connectivity index (χ1n) is 13.4. The van der Waals surface area contributed by atoms with Crippen LogP contribution in [0.4, 0.5) is 0 Å². The molecule has 0 aliphatic heterocycles. The fourth-order valence-corrected chi connectivity index (χ4v) is 5.31. The molecular formula is C27H55NO2P+. The highest BCUT2D eigenvalue weighted by molar-refractivity contribution is 7.37. The lowest BCUT2D eigenvalue weighted by molar-refractivity contribution is -0.883. The second kappa shape index (κ2) is 20.4. The Labute approximate surface area is 196 Å². The van der Waals surface area contributed by atoms with Crippen molar-refractivity contribution in [1.29, 1.82) is 0 Å². The number of nitrogens with zero attached hydrogens (tertiary/aromatic N) is 1. The molecule has 3 atom stereocenters. The summed E-state index contributed by atoms with van der Waals surface area (Å²) in [5.41, 5.74) is 0. The van der Waals surface area contributed by atoms with Gasteiger partial charge in [0.1, 0.15) is 0 Å². The highest BCUT2D eigenvalue weighted by Crippen LogP contribution is 2.30. The molecule has 0 bridgehead atoms. The average molecular weight is 457 g/mol. The summed E-state index contributed by atoms with van der Waals surface area (Å²) in [6.07, 6.45) is 28.8. The van der Waals surface area contributed by atoms with Gasteiger partial charge in [-0.15, -0.1) is 0 Å². The van der Waals surface area contributed by atoms with Gasteiger partial charge in [-0.2, -0.15) is 0 Å². The molecule has 3 nitrogen and oxygen atoms in total. The monoisotopic (exact) mass is 456 g/mol. The molecule has 0 saturated carbocycles. The fraction of sp³-hybridized carbons (Fsp3) is 0.926. The molecule has 3 unspecified atom stereocenters. The molecule has 0 aromatic rings. The first-order valence-corrected chi connectivity index (χ1v) is 14.6. The first-order chi connectivity index (χ1) is 14.8. The van der Waals surface area contributed by atoms with Gasteiger partial charge in [0.25, 0.3) is 5.78 Å². The second-order valence-corrected chi connectivity index (χ2v) is 11.8. The van der Waals surface area contributed by atoms with E-state index in [9.17, 15) is 9.46 Å².